The van der Waals surface area contributed by atoms with E-state index >= 15 is 0 Å². The maximum absolute atomic E-state index is 12.2. The summed E-state index contributed by atoms with van der Waals surface area (Å²) in [4.78, 5) is 29.5. The second-order valence-corrected chi connectivity index (χ2v) is 5.87. The molecule has 134 valence electrons. The molecule has 0 fully saturated rings. The number of anilines is 1. The van der Waals surface area contributed by atoms with E-state index in [0.717, 1.165) is 21.9 Å². The molecule has 0 aliphatic carbocycles. The van der Waals surface area contributed by atoms with Gasteiger partial charge in [0, 0.05) is 36.1 Å². The first-order valence-electron chi connectivity index (χ1n) is 8.38. The van der Waals surface area contributed by atoms with Gasteiger partial charge >= 0.3 is 11.9 Å². The van der Waals surface area contributed by atoms with Gasteiger partial charge in [-0.25, -0.2) is 4.79 Å². The molecule has 0 bridgehead atoms. The number of esters is 1. The average Bonchev–Trinajstić information content (AvgIpc) is 2.72. The molecule has 0 radical (unpaired) electrons. The Labute approximate surface area is 156 Å². The van der Waals surface area contributed by atoms with Crippen LogP contribution in [0.15, 0.2) is 54.9 Å². The predicted octanol–water partition coefficient (Wildman–Crippen LogP) is 3.30. The molecule has 0 N–H and O–H groups in total. The minimum Gasteiger partial charge on any atom is -0.459 e. The van der Waals surface area contributed by atoms with Crippen LogP contribution in [0.5, 0.6) is 0 Å². The van der Waals surface area contributed by atoms with E-state index in [0.29, 0.717) is 11.3 Å². The highest BCUT2D eigenvalue weighted by Crippen LogP contribution is 2.30. The van der Waals surface area contributed by atoms with Gasteiger partial charge in [0.15, 0.2) is 0 Å². The largest absolute Gasteiger partial charge is 0.459 e. The number of hydrogen-bond donors (Lipinski definition) is 0. The molecule has 0 saturated heterocycles. The Morgan fingerprint density at radius 3 is 2.56 bits per heavy atom. The van der Waals surface area contributed by atoms with Crippen molar-refractivity contribution in [3.05, 3.63) is 60.4 Å². The number of benzene rings is 2. The van der Waals surface area contributed by atoms with Crippen LogP contribution in [0.1, 0.15) is 12.5 Å². The van der Waals surface area contributed by atoms with Gasteiger partial charge in [0.05, 0.1) is 18.2 Å². The van der Waals surface area contributed by atoms with Gasteiger partial charge in [-0.2, -0.15) is 5.26 Å². The van der Waals surface area contributed by atoms with E-state index in [4.69, 9.17) is 10.00 Å². The van der Waals surface area contributed by atoms with Crippen LogP contribution < -0.4 is 4.90 Å². The molecule has 0 atom stereocenters. The summed E-state index contributed by atoms with van der Waals surface area (Å²) in [5.74, 6) is -1.62. The highest BCUT2D eigenvalue weighted by Gasteiger charge is 2.21. The highest BCUT2D eigenvalue weighted by atomic mass is 16.5. The number of amides is 1. The van der Waals surface area contributed by atoms with E-state index in [1.807, 2.05) is 24.3 Å². The molecule has 2 aromatic carbocycles. The number of carbonyl (C=O) groups is 2. The van der Waals surface area contributed by atoms with Crippen LogP contribution in [0.25, 0.3) is 21.9 Å². The topological polar surface area (TPSA) is 83.3 Å². The third-order valence-corrected chi connectivity index (χ3v) is 4.21. The summed E-state index contributed by atoms with van der Waals surface area (Å²) in [5.41, 5.74) is 2.92. The van der Waals surface area contributed by atoms with Crippen LogP contribution >= 0.6 is 0 Å². The summed E-state index contributed by atoms with van der Waals surface area (Å²) < 4.78 is 4.78. The summed E-state index contributed by atoms with van der Waals surface area (Å²) in [7, 11) is 1.53. The summed E-state index contributed by atoms with van der Waals surface area (Å²) >= 11 is 0. The monoisotopic (exact) mass is 359 g/mol. The van der Waals surface area contributed by atoms with E-state index in [1.165, 1.54) is 11.9 Å². The number of aromatic nitrogens is 1. The van der Waals surface area contributed by atoms with Crippen molar-refractivity contribution in [1.82, 2.24) is 4.98 Å². The lowest BCUT2D eigenvalue weighted by atomic mass is 9.99. The number of hydrogen-bond acceptors (Lipinski definition) is 5. The first-order chi connectivity index (χ1) is 13.0. The second kappa shape index (κ2) is 7.67. The molecule has 27 heavy (non-hydrogen) atoms. The number of pyridine rings is 1. The SMILES string of the molecule is CCOC(=O)C(=O)N(C)c1ccc2cncc(-c3ccc(C#N)cc3)c2c1. The lowest BCUT2D eigenvalue weighted by Gasteiger charge is -2.17. The average molecular weight is 359 g/mol. The molecule has 0 spiro atoms. The molecule has 0 unspecified atom stereocenters. The third kappa shape index (κ3) is 3.62. The van der Waals surface area contributed by atoms with Gasteiger partial charge in [-0.05, 0) is 42.1 Å². The lowest BCUT2D eigenvalue weighted by Crippen LogP contribution is -2.34. The van der Waals surface area contributed by atoms with Gasteiger partial charge in [-0.1, -0.05) is 18.2 Å². The molecule has 1 heterocycles. The molecule has 0 saturated carbocycles. The molecule has 3 rings (SSSR count). The summed E-state index contributed by atoms with van der Waals surface area (Å²) in [6, 6.07) is 14.7. The van der Waals surface area contributed by atoms with Crippen molar-refractivity contribution in [3.8, 4) is 17.2 Å². The van der Waals surface area contributed by atoms with Crippen molar-refractivity contribution in [2.75, 3.05) is 18.6 Å². The van der Waals surface area contributed by atoms with Crippen molar-refractivity contribution < 1.29 is 14.3 Å². The maximum atomic E-state index is 12.2. The molecule has 6 heteroatoms. The van der Waals surface area contributed by atoms with Crippen LogP contribution in [0.3, 0.4) is 0 Å². The van der Waals surface area contributed by atoms with Gasteiger partial charge in [0.25, 0.3) is 0 Å². The Kier molecular flexibility index (Phi) is 5.13. The fourth-order valence-electron chi connectivity index (χ4n) is 2.76. The van der Waals surface area contributed by atoms with Crippen LogP contribution in [0.4, 0.5) is 5.69 Å². The molecule has 1 aromatic heterocycles. The standard InChI is InChI=1S/C21H17N3O3/c1-3-27-21(26)20(25)24(2)17-9-8-16-12-23-13-19(18(16)10-17)15-6-4-14(11-22)5-7-15/h4-10,12-13H,3H2,1-2H3. The zero-order chi connectivity index (χ0) is 19.4. The maximum Gasteiger partial charge on any atom is 0.397 e. The van der Waals surface area contributed by atoms with Gasteiger partial charge in [-0.15, -0.1) is 0 Å². The number of nitrogens with zero attached hydrogens (tertiary/aromatic N) is 3. The van der Waals surface area contributed by atoms with E-state index in [9.17, 15) is 9.59 Å². The third-order valence-electron chi connectivity index (χ3n) is 4.21. The van der Waals surface area contributed by atoms with E-state index in [2.05, 4.69) is 11.1 Å². The molecule has 0 aliphatic rings. The molecule has 0 aliphatic heterocycles. The van der Waals surface area contributed by atoms with Crippen molar-refractivity contribution in [2.24, 2.45) is 0 Å². The summed E-state index contributed by atoms with van der Waals surface area (Å²) in [6.45, 7) is 1.79. The van der Waals surface area contributed by atoms with Crippen molar-refractivity contribution in [3.63, 3.8) is 0 Å². The van der Waals surface area contributed by atoms with Crippen LogP contribution in [-0.4, -0.2) is 30.5 Å². The summed E-state index contributed by atoms with van der Waals surface area (Å²) in [5, 5.41) is 10.8. The fraction of sp³-hybridized carbons (Fsp3) is 0.143. The van der Waals surface area contributed by atoms with Crippen molar-refractivity contribution >= 4 is 28.3 Å². The Hall–Kier alpha value is -3.72. The quantitative estimate of drug-likeness (QED) is 0.529. The van der Waals surface area contributed by atoms with Crippen molar-refractivity contribution in [2.45, 2.75) is 6.92 Å². The minimum atomic E-state index is -0.887. The van der Waals surface area contributed by atoms with Crippen LogP contribution in [-0.2, 0) is 14.3 Å². The normalized spacial score (nSPS) is 10.3. The number of carbonyl (C=O) groups excluding carboxylic acids is 2. The zero-order valence-electron chi connectivity index (χ0n) is 15.0. The molecular weight excluding hydrogens is 342 g/mol. The van der Waals surface area contributed by atoms with Gasteiger partial charge < -0.3 is 9.64 Å². The number of likely N-dealkylation sites (N-methyl/N-ethyl adjacent to an activating group) is 1. The predicted molar refractivity (Wildman–Crippen MR) is 102 cm³/mol. The molecule has 1 amide bonds. The number of fused-ring (bicyclic) bond motifs is 1. The van der Waals surface area contributed by atoms with E-state index in [-0.39, 0.29) is 6.61 Å². The fourth-order valence-corrected chi connectivity index (χ4v) is 2.76. The Bertz CT molecular complexity index is 1050. The van der Waals surface area contributed by atoms with Gasteiger partial charge in [0.2, 0.25) is 0 Å². The van der Waals surface area contributed by atoms with E-state index < -0.39 is 11.9 Å². The zero-order valence-corrected chi connectivity index (χ0v) is 15.0. The molecule has 6 nitrogen and oxygen atoms in total. The number of nitriles is 1. The molecule has 3 aromatic rings. The summed E-state index contributed by atoms with van der Waals surface area (Å²) in [6.07, 6.45) is 3.47. The Morgan fingerprint density at radius 2 is 1.89 bits per heavy atom. The minimum absolute atomic E-state index is 0.143. The Balaban J connectivity index is 2.04. The van der Waals surface area contributed by atoms with Gasteiger partial charge in [0.1, 0.15) is 0 Å². The first-order valence-corrected chi connectivity index (χ1v) is 8.38. The van der Waals surface area contributed by atoms with Crippen LogP contribution in [0, 0.1) is 11.3 Å². The van der Waals surface area contributed by atoms with Crippen molar-refractivity contribution in [1.29, 1.82) is 5.26 Å². The number of ether oxygens (including phenoxy) is 1. The Morgan fingerprint density at radius 1 is 1.15 bits per heavy atom. The van der Waals surface area contributed by atoms with Gasteiger partial charge in [-0.3, -0.25) is 9.78 Å². The molecular formula is C21H17N3O3. The second-order valence-electron chi connectivity index (χ2n) is 5.87. The van der Waals surface area contributed by atoms with Crippen LogP contribution in [0.2, 0.25) is 0 Å². The lowest BCUT2D eigenvalue weighted by molar-refractivity contribution is -0.153. The number of rotatable bonds is 3. The smallest absolute Gasteiger partial charge is 0.397 e. The highest BCUT2D eigenvalue weighted by molar-refractivity contribution is 6.38. The first kappa shape index (κ1) is 18.1. The van der Waals surface area contributed by atoms with E-state index in [1.54, 1.807) is 37.5 Å².